The second-order valence-electron chi connectivity index (χ2n) is 8.12. The molecule has 1 aliphatic rings. The zero-order valence-electron chi connectivity index (χ0n) is 18.3. The molecule has 1 fully saturated rings. The standard InChI is InChI=1S/C26H27Cl2N3O2/c27-20-5-3-18(4-6-20)23-2-1-14-30-25(23)24(31-26(32)19-11-15-29-16-12-19)13-17-33-22-9-7-21(28)8-10-22/h1-10,14,19,24,29H,11-13,15-17H2,(H,31,32)/t24-/m1/s1. The van der Waals surface area contributed by atoms with Gasteiger partial charge in [0.1, 0.15) is 5.75 Å². The van der Waals surface area contributed by atoms with Crippen LogP contribution in [0, 0.1) is 5.92 Å². The van der Waals surface area contributed by atoms with Gasteiger partial charge < -0.3 is 15.4 Å². The van der Waals surface area contributed by atoms with Crippen LogP contribution in [-0.2, 0) is 4.79 Å². The molecule has 1 saturated heterocycles. The molecule has 1 atom stereocenters. The lowest BCUT2D eigenvalue weighted by molar-refractivity contribution is -0.126. The highest BCUT2D eigenvalue weighted by atomic mass is 35.5. The topological polar surface area (TPSA) is 63.2 Å². The summed E-state index contributed by atoms with van der Waals surface area (Å²) < 4.78 is 5.94. The van der Waals surface area contributed by atoms with Crippen molar-refractivity contribution < 1.29 is 9.53 Å². The summed E-state index contributed by atoms with van der Waals surface area (Å²) in [4.78, 5) is 17.8. The Hall–Kier alpha value is -2.60. The molecule has 1 aliphatic heterocycles. The van der Waals surface area contributed by atoms with Crippen LogP contribution in [0.15, 0.2) is 66.9 Å². The number of halogens is 2. The van der Waals surface area contributed by atoms with Gasteiger partial charge in [-0.3, -0.25) is 9.78 Å². The molecule has 5 nitrogen and oxygen atoms in total. The quantitative estimate of drug-likeness (QED) is 0.432. The number of ether oxygens (including phenoxy) is 1. The minimum absolute atomic E-state index is 0.00799. The molecular weight excluding hydrogens is 457 g/mol. The van der Waals surface area contributed by atoms with Crippen molar-refractivity contribution in [3.05, 3.63) is 82.6 Å². The molecule has 7 heteroatoms. The van der Waals surface area contributed by atoms with Crippen molar-refractivity contribution in [1.29, 1.82) is 0 Å². The van der Waals surface area contributed by atoms with Gasteiger partial charge in [0.05, 0.1) is 18.3 Å². The monoisotopic (exact) mass is 483 g/mol. The second-order valence-corrected chi connectivity index (χ2v) is 8.99. The van der Waals surface area contributed by atoms with Gasteiger partial charge >= 0.3 is 0 Å². The third kappa shape index (κ3) is 6.47. The first-order valence-corrected chi connectivity index (χ1v) is 12.0. The molecule has 2 heterocycles. The molecule has 0 saturated carbocycles. The molecular formula is C26H27Cl2N3O2. The molecule has 2 N–H and O–H groups in total. The number of benzene rings is 2. The minimum Gasteiger partial charge on any atom is -0.494 e. The maximum atomic E-state index is 13.1. The molecule has 0 unspecified atom stereocenters. The number of hydrogen-bond donors (Lipinski definition) is 2. The first-order valence-electron chi connectivity index (χ1n) is 11.2. The third-order valence-electron chi connectivity index (χ3n) is 5.84. The molecule has 0 aliphatic carbocycles. The molecule has 0 bridgehead atoms. The van der Waals surface area contributed by atoms with Crippen molar-refractivity contribution in [3.63, 3.8) is 0 Å². The first-order chi connectivity index (χ1) is 16.1. The summed E-state index contributed by atoms with van der Waals surface area (Å²) in [6.45, 7) is 2.15. The summed E-state index contributed by atoms with van der Waals surface area (Å²) in [6.07, 6.45) is 4.02. The van der Waals surface area contributed by atoms with Crippen molar-refractivity contribution in [2.75, 3.05) is 19.7 Å². The van der Waals surface area contributed by atoms with E-state index in [4.69, 9.17) is 27.9 Å². The molecule has 33 heavy (non-hydrogen) atoms. The Kier molecular flexibility index (Phi) is 8.21. The average molecular weight is 484 g/mol. The lowest BCUT2D eigenvalue weighted by Crippen LogP contribution is -2.40. The summed E-state index contributed by atoms with van der Waals surface area (Å²) in [5.41, 5.74) is 2.79. The van der Waals surface area contributed by atoms with Crippen molar-refractivity contribution in [2.45, 2.75) is 25.3 Å². The first kappa shape index (κ1) is 23.6. The van der Waals surface area contributed by atoms with Gasteiger partial charge in [-0.25, -0.2) is 0 Å². The van der Waals surface area contributed by atoms with Gasteiger partial charge in [-0.2, -0.15) is 0 Å². The maximum Gasteiger partial charge on any atom is 0.223 e. The second kappa shape index (κ2) is 11.5. The van der Waals surface area contributed by atoms with Crippen LogP contribution in [0.1, 0.15) is 31.0 Å². The normalized spacial score (nSPS) is 15.1. The number of nitrogens with zero attached hydrogens (tertiary/aromatic N) is 1. The smallest absolute Gasteiger partial charge is 0.223 e. The van der Waals surface area contributed by atoms with Gasteiger partial charge in [-0.1, -0.05) is 41.4 Å². The molecule has 0 spiro atoms. The Morgan fingerprint density at radius 3 is 2.39 bits per heavy atom. The molecule has 3 aromatic rings. The fraction of sp³-hybridized carbons (Fsp3) is 0.308. The molecule has 172 valence electrons. The molecule has 1 amide bonds. The van der Waals surface area contributed by atoms with Crippen molar-refractivity contribution in [3.8, 4) is 16.9 Å². The van der Waals surface area contributed by atoms with Gasteiger partial charge in [-0.15, -0.1) is 0 Å². The summed E-state index contributed by atoms with van der Waals surface area (Å²) in [5, 5.41) is 7.92. The fourth-order valence-corrected chi connectivity index (χ4v) is 4.30. The maximum absolute atomic E-state index is 13.1. The van der Waals surface area contributed by atoms with Gasteiger partial charge in [0.15, 0.2) is 0 Å². The number of pyridine rings is 1. The van der Waals surface area contributed by atoms with Crippen molar-refractivity contribution in [2.24, 2.45) is 5.92 Å². The Morgan fingerprint density at radius 2 is 1.70 bits per heavy atom. The SMILES string of the molecule is O=C(N[C@H](CCOc1ccc(Cl)cc1)c1ncccc1-c1ccc(Cl)cc1)C1CCNCC1. The summed E-state index contributed by atoms with van der Waals surface area (Å²) in [6, 6.07) is 18.6. The number of rotatable bonds is 8. The Balaban J connectivity index is 1.55. The van der Waals surface area contributed by atoms with Gasteiger partial charge in [-0.05, 0) is 74.0 Å². The lowest BCUT2D eigenvalue weighted by Gasteiger charge is -2.26. The number of amides is 1. The van der Waals surface area contributed by atoms with Crippen LogP contribution in [0.2, 0.25) is 10.0 Å². The highest BCUT2D eigenvalue weighted by molar-refractivity contribution is 6.30. The lowest BCUT2D eigenvalue weighted by atomic mass is 9.94. The average Bonchev–Trinajstić information content (AvgIpc) is 2.85. The van der Waals surface area contributed by atoms with E-state index in [0.717, 1.165) is 48.5 Å². The Bertz CT molecular complexity index is 1050. The number of piperidine rings is 1. The van der Waals surface area contributed by atoms with Gasteiger partial charge in [0.2, 0.25) is 5.91 Å². The van der Waals surface area contributed by atoms with Crippen molar-refractivity contribution >= 4 is 29.1 Å². The number of hydrogen-bond acceptors (Lipinski definition) is 4. The molecule has 0 radical (unpaired) electrons. The molecule has 4 rings (SSSR count). The third-order valence-corrected chi connectivity index (χ3v) is 6.34. The van der Waals surface area contributed by atoms with E-state index in [2.05, 4.69) is 15.6 Å². The van der Waals surface area contributed by atoms with E-state index in [1.54, 1.807) is 18.3 Å². The van der Waals surface area contributed by atoms with Crippen LogP contribution >= 0.6 is 23.2 Å². The van der Waals surface area contributed by atoms with Crippen LogP contribution in [-0.4, -0.2) is 30.6 Å². The highest BCUT2D eigenvalue weighted by Gasteiger charge is 2.26. The summed E-state index contributed by atoms with van der Waals surface area (Å²) >= 11 is 12.1. The van der Waals surface area contributed by atoms with E-state index in [1.807, 2.05) is 48.5 Å². The molecule has 2 aromatic carbocycles. The number of carbonyl (C=O) groups is 1. The van der Waals surface area contributed by atoms with Crippen LogP contribution in [0.5, 0.6) is 5.75 Å². The van der Waals surface area contributed by atoms with E-state index in [-0.39, 0.29) is 17.9 Å². The van der Waals surface area contributed by atoms with Crippen LogP contribution < -0.4 is 15.4 Å². The Morgan fingerprint density at radius 1 is 1.03 bits per heavy atom. The van der Waals surface area contributed by atoms with Crippen LogP contribution in [0.25, 0.3) is 11.1 Å². The zero-order chi connectivity index (χ0) is 23.0. The highest BCUT2D eigenvalue weighted by Crippen LogP contribution is 2.30. The van der Waals surface area contributed by atoms with E-state index >= 15 is 0 Å². The van der Waals surface area contributed by atoms with E-state index in [9.17, 15) is 4.79 Å². The predicted octanol–water partition coefficient (Wildman–Crippen LogP) is 5.68. The summed E-state index contributed by atoms with van der Waals surface area (Å²) in [5.74, 6) is 0.816. The predicted molar refractivity (Wildman–Crippen MR) is 133 cm³/mol. The van der Waals surface area contributed by atoms with E-state index in [1.165, 1.54) is 0 Å². The number of carbonyl (C=O) groups excluding carboxylic acids is 1. The van der Waals surface area contributed by atoms with Gasteiger partial charge in [0.25, 0.3) is 0 Å². The van der Waals surface area contributed by atoms with Crippen LogP contribution in [0.3, 0.4) is 0 Å². The fourth-order valence-electron chi connectivity index (χ4n) is 4.05. The van der Waals surface area contributed by atoms with E-state index in [0.29, 0.717) is 23.1 Å². The largest absolute Gasteiger partial charge is 0.494 e. The van der Waals surface area contributed by atoms with Gasteiger partial charge in [0, 0.05) is 34.1 Å². The van der Waals surface area contributed by atoms with Crippen LogP contribution in [0.4, 0.5) is 0 Å². The molecule has 1 aromatic heterocycles. The Labute approximate surface area is 204 Å². The number of nitrogens with one attached hydrogen (secondary N) is 2. The number of aromatic nitrogens is 1. The van der Waals surface area contributed by atoms with Crippen molar-refractivity contribution in [1.82, 2.24) is 15.6 Å². The summed E-state index contributed by atoms with van der Waals surface area (Å²) in [7, 11) is 0. The van der Waals surface area contributed by atoms with E-state index < -0.39 is 0 Å². The zero-order valence-corrected chi connectivity index (χ0v) is 19.8. The minimum atomic E-state index is -0.286.